The fourth-order valence-electron chi connectivity index (χ4n) is 1.75. The van der Waals surface area contributed by atoms with Crippen molar-refractivity contribution in [1.29, 1.82) is 0 Å². The second-order valence-electron chi connectivity index (χ2n) is 3.98. The number of carbonyl (C=O) groups is 1. The van der Waals surface area contributed by atoms with Crippen LogP contribution in [0.5, 0.6) is 0 Å². The van der Waals surface area contributed by atoms with Gasteiger partial charge in [0.2, 0.25) is 0 Å². The van der Waals surface area contributed by atoms with Crippen molar-refractivity contribution in [2.24, 2.45) is 4.99 Å². The zero-order valence-electron chi connectivity index (χ0n) is 9.76. The van der Waals surface area contributed by atoms with Crippen molar-refractivity contribution in [3.05, 3.63) is 63.7 Å². The molecule has 1 amide bonds. The van der Waals surface area contributed by atoms with E-state index in [-0.39, 0.29) is 17.4 Å². The summed E-state index contributed by atoms with van der Waals surface area (Å²) in [6.45, 7) is 0. The Bertz CT molecular complexity index is 689. The molecule has 1 aliphatic heterocycles. The Morgan fingerprint density at radius 1 is 1.26 bits per heavy atom. The number of hydrogen-bond acceptors (Lipinski definition) is 3. The molecule has 19 heavy (non-hydrogen) atoms. The van der Waals surface area contributed by atoms with E-state index in [1.807, 2.05) is 17.5 Å². The van der Waals surface area contributed by atoms with Crippen LogP contribution in [-0.4, -0.2) is 11.7 Å². The molecule has 0 atom stereocenters. The zero-order valence-corrected chi connectivity index (χ0v) is 10.6. The van der Waals surface area contributed by atoms with E-state index in [9.17, 15) is 9.18 Å². The van der Waals surface area contributed by atoms with Gasteiger partial charge in [-0.2, -0.15) is 0 Å². The molecule has 1 aliphatic rings. The summed E-state index contributed by atoms with van der Waals surface area (Å²) in [4.78, 5) is 16.9. The van der Waals surface area contributed by atoms with Gasteiger partial charge in [0.15, 0.2) is 5.84 Å². The smallest absolute Gasteiger partial charge is 0.275 e. The van der Waals surface area contributed by atoms with E-state index in [0.29, 0.717) is 11.4 Å². The fourth-order valence-corrected chi connectivity index (χ4v) is 2.42. The van der Waals surface area contributed by atoms with E-state index < -0.39 is 0 Å². The molecule has 5 heteroatoms. The Morgan fingerprint density at radius 2 is 2.16 bits per heavy atom. The maximum atomic E-state index is 13.1. The first-order valence-corrected chi connectivity index (χ1v) is 6.51. The fraction of sp³-hybridized carbons (Fsp3) is 0. The van der Waals surface area contributed by atoms with Gasteiger partial charge in [0.05, 0.1) is 4.88 Å². The minimum absolute atomic E-state index is 0.271. The Balaban J connectivity index is 1.95. The second-order valence-corrected chi connectivity index (χ2v) is 4.92. The maximum absolute atomic E-state index is 13.1. The molecule has 1 N–H and O–H groups in total. The molecule has 94 valence electrons. The van der Waals surface area contributed by atoms with Crippen molar-refractivity contribution in [3.63, 3.8) is 0 Å². The van der Waals surface area contributed by atoms with Crippen molar-refractivity contribution in [2.75, 3.05) is 0 Å². The molecule has 2 heterocycles. The zero-order chi connectivity index (χ0) is 13.2. The molecule has 1 aromatic carbocycles. The number of nitrogens with one attached hydrogen (secondary N) is 1. The number of halogens is 1. The summed E-state index contributed by atoms with van der Waals surface area (Å²) in [5, 5.41) is 4.62. The summed E-state index contributed by atoms with van der Waals surface area (Å²) in [6.07, 6.45) is 1.57. The SMILES string of the molecule is O=C1NC(c2cccs2)=N/C1=C/c1cccc(F)c1. The number of carbonyl (C=O) groups excluding carboxylic acids is 1. The lowest BCUT2D eigenvalue weighted by atomic mass is 10.2. The van der Waals surface area contributed by atoms with Crippen LogP contribution in [0, 0.1) is 5.82 Å². The summed E-state index contributed by atoms with van der Waals surface area (Å²) in [5.41, 5.74) is 0.898. The number of amidine groups is 1. The molecule has 0 bridgehead atoms. The van der Waals surface area contributed by atoms with Crippen LogP contribution in [0.25, 0.3) is 6.08 Å². The predicted molar refractivity (Wildman–Crippen MR) is 73.4 cm³/mol. The first-order chi connectivity index (χ1) is 9.22. The summed E-state index contributed by atoms with van der Waals surface area (Å²) in [5.74, 6) is -0.0643. The standard InChI is InChI=1S/C14H9FN2OS/c15-10-4-1-3-9(7-10)8-11-14(18)17-13(16-11)12-5-2-6-19-12/h1-8H,(H,16,17,18)/b11-8+. The molecular formula is C14H9FN2OS. The van der Waals surface area contributed by atoms with E-state index in [0.717, 1.165) is 4.88 Å². The van der Waals surface area contributed by atoms with E-state index in [2.05, 4.69) is 10.3 Å². The van der Waals surface area contributed by atoms with Gasteiger partial charge in [-0.05, 0) is 35.2 Å². The molecule has 1 aromatic heterocycles. The minimum atomic E-state index is -0.338. The minimum Gasteiger partial charge on any atom is -0.304 e. The van der Waals surface area contributed by atoms with E-state index in [1.54, 1.807) is 18.2 Å². The van der Waals surface area contributed by atoms with Crippen LogP contribution in [0.4, 0.5) is 4.39 Å². The predicted octanol–water partition coefficient (Wildman–Crippen LogP) is 2.80. The third-order valence-corrected chi connectivity index (χ3v) is 3.48. The number of benzene rings is 1. The number of nitrogens with zero attached hydrogens (tertiary/aromatic N) is 1. The van der Waals surface area contributed by atoms with Crippen LogP contribution in [0.3, 0.4) is 0 Å². The number of amides is 1. The van der Waals surface area contributed by atoms with Crippen molar-refractivity contribution in [2.45, 2.75) is 0 Å². The van der Waals surface area contributed by atoms with E-state index in [1.165, 1.54) is 23.5 Å². The first kappa shape index (κ1) is 11.8. The van der Waals surface area contributed by atoms with E-state index >= 15 is 0 Å². The van der Waals surface area contributed by atoms with Crippen LogP contribution in [0.1, 0.15) is 10.4 Å². The van der Waals surface area contributed by atoms with E-state index in [4.69, 9.17) is 0 Å². The van der Waals surface area contributed by atoms with Crippen LogP contribution < -0.4 is 5.32 Å². The van der Waals surface area contributed by atoms with Gasteiger partial charge in [0.25, 0.3) is 5.91 Å². The quantitative estimate of drug-likeness (QED) is 0.839. The average Bonchev–Trinajstić information content (AvgIpc) is 3.00. The molecule has 2 aromatic rings. The molecule has 0 fully saturated rings. The Kier molecular flexibility index (Phi) is 2.97. The Hall–Kier alpha value is -2.27. The number of thiophene rings is 1. The van der Waals surface area contributed by atoms with Gasteiger partial charge in [0.1, 0.15) is 11.5 Å². The van der Waals surface area contributed by atoms with Crippen LogP contribution in [0.15, 0.2) is 52.5 Å². The normalized spacial score (nSPS) is 16.6. The van der Waals surface area contributed by atoms with Crippen LogP contribution >= 0.6 is 11.3 Å². The highest BCUT2D eigenvalue weighted by atomic mass is 32.1. The molecule has 0 spiro atoms. The largest absolute Gasteiger partial charge is 0.304 e. The number of aliphatic imine (C=N–C) groups is 1. The summed E-state index contributed by atoms with van der Waals surface area (Å²) >= 11 is 1.50. The molecule has 0 unspecified atom stereocenters. The van der Waals surface area contributed by atoms with Crippen LogP contribution in [0.2, 0.25) is 0 Å². The summed E-state index contributed by atoms with van der Waals surface area (Å²) in [6, 6.07) is 9.81. The van der Waals surface area contributed by atoms with Crippen molar-refractivity contribution >= 4 is 29.2 Å². The first-order valence-electron chi connectivity index (χ1n) is 5.63. The van der Waals surface area contributed by atoms with Gasteiger partial charge in [-0.3, -0.25) is 4.79 Å². The Labute approximate surface area is 113 Å². The molecule has 0 aliphatic carbocycles. The lowest BCUT2D eigenvalue weighted by molar-refractivity contribution is -0.115. The average molecular weight is 272 g/mol. The molecule has 3 rings (SSSR count). The molecule has 0 saturated heterocycles. The highest BCUT2D eigenvalue weighted by molar-refractivity contribution is 7.12. The second kappa shape index (κ2) is 4.78. The lowest BCUT2D eigenvalue weighted by Crippen LogP contribution is -2.23. The van der Waals surface area contributed by atoms with Gasteiger partial charge in [-0.25, -0.2) is 9.38 Å². The molecule has 0 saturated carbocycles. The maximum Gasteiger partial charge on any atom is 0.275 e. The summed E-state index contributed by atoms with van der Waals surface area (Å²) < 4.78 is 13.1. The van der Waals surface area contributed by atoms with Crippen molar-refractivity contribution in [3.8, 4) is 0 Å². The van der Waals surface area contributed by atoms with Gasteiger partial charge in [-0.1, -0.05) is 18.2 Å². The summed E-state index contributed by atoms with van der Waals surface area (Å²) in [7, 11) is 0. The third kappa shape index (κ3) is 2.46. The molecule has 0 radical (unpaired) electrons. The van der Waals surface area contributed by atoms with Crippen molar-refractivity contribution in [1.82, 2.24) is 5.32 Å². The number of rotatable bonds is 2. The van der Waals surface area contributed by atoms with Crippen molar-refractivity contribution < 1.29 is 9.18 Å². The molecular weight excluding hydrogens is 263 g/mol. The third-order valence-electron chi connectivity index (χ3n) is 2.60. The van der Waals surface area contributed by atoms with Crippen LogP contribution in [-0.2, 0) is 4.79 Å². The Morgan fingerprint density at radius 3 is 2.89 bits per heavy atom. The number of hydrogen-bond donors (Lipinski definition) is 1. The van der Waals surface area contributed by atoms with Gasteiger partial charge >= 0.3 is 0 Å². The highest BCUT2D eigenvalue weighted by Crippen LogP contribution is 2.17. The monoisotopic (exact) mass is 272 g/mol. The van der Waals surface area contributed by atoms with Gasteiger partial charge < -0.3 is 5.32 Å². The van der Waals surface area contributed by atoms with Gasteiger partial charge in [0, 0.05) is 0 Å². The topological polar surface area (TPSA) is 41.5 Å². The van der Waals surface area contributed by atoms with Gasteiger partial charge in [-0.15, -0.1) is 11.3 Å². The highest BCUT2D eigenvalue weighted by Gasteiger charge is 2.21. The lowest BCUT2D eigenvalue weighted by Gasteiger charge is -1.94. The molecule has 3 nitrogen and oxygen atoms in total.